The molecular formula is C13H23N3O. The lowest BCUT2D eigenvalue weighted by molar-refractivity contribution is 0.345. The Morgan fingerprint density at radius 2 is 2.53 bits per heavy atom. The largest absolute Gasteiger partial charge is 0.449 e. The zero-order valence-electron chi connectivity index (χ0n) is 10.7. The van der Waals surface area contributed by atoms with Gasteiger partial charge in [-0.05, 0) is 58.3 Å². The van der Waals surface area contributed by atoms with Gasteiger partial charge in [-0.15, -0.1) is 0 Å². The predicted octanol–water partition coefficient (Wildman–Crippen LogP) is 1.37. The number of hydrogen-bond donors (Lipinski definition) is 2. The van der Waals surface area contributed by atoms with E-state index in [1.54, 1.807) is 0 Å². The van der Waals surface area contributed by atoms with Crippen molar-refractivity contribution in [3.8, 4) is 0 Å². The van der Waals surface area contributed by atoms with Gasteiger partial charge in [-0.3, -0.25) is 0 Å². The highest BCUT2D eigenvalue weighted by Gasteiger charge is 2.16. The molecule has 0 aromatic carbocycles. The van der Waals surface area contributed by atoms with Crippen LogP contribution in [0, 0.1) is 5.92 Å². The van der Waals surface area contributed by atoms with Gasteiger partial charge in [0, 0.05) is 6.42 Å². The second kappa shape index (κ2) is 6.77. The van der Waals surface area contributed by atoms with Crippen LogP contribution >= 0.6 is 0 Å². The molecule has 2 heterocycles. The van der Waals surface area contributed by atoms with Crippen LogP contribution in [-0.2, 0) is 12.8 Å². The van der Waals surface area contributed by atoms with Crippen LogP contribution in [0.1, 0.15) is 30.8 Å². The number of piperidine rings is 1. The van der Waals surface area contributed by atoms with Crippen molar-refractivity contribution in [3.05, 3.63) is 17.8 Å². The Hall–Kier alpha value is -0.870. The summed E-state index contributed by atoms with van der Waals surface area (Å²) in [4.78, 5) is 4.55. The van der Waals surface area contributed by atoms with E-state index in [1.807, 2.05) is 13.3 Å². The maximum atomic E-state index is 5.54. The molecule has 0 spiro atoms. The number of rotatable bonds is 6. The van der Waals surface area contributed by atoms with Gasteiger partial charge < -0.3 is 15.1 Å². The maximum Gasteiger partial charge on any atom is 0.194 e. The first-order valence-corrected chi connectivity index (χ1v) is 6.67. The van der Waals surface area contributed by atoms with E-state index in [2.05, 4.69) is 15.6 Å². The van der Waals surface area contributed by atoms with E-state index < -0.39 is 0 Å². The summed E-state index contributed by atoms with van der Waals surface area (Å²) in [5.41, 5.74) is 1.10. The zero-order valence-corrected chi connectivity index (χ0v) is 10.7. The summed E-state index contributed by atoms with van der Waals surface area (Å²) < 4.78 is 5.54. The average Bonchev–Trinajstić information content (AvgIpc) is 2.79. The minimum Gasteiger partial charge on any atom is -0.449 e. The Bertz CT molecular complexity index is 318. The second-order valence-electron chi connectivity index (χ2n) is 4.86. The van der Waals surface area contributed by atoms with Gasteiger partial charge in [-0.2, -0.15) is 0 Å². The Kier molecular flexibility index (Phi) is 5.01. The van der Waals surface area contributed by atoms with Crippen molar-refractivity contribution >= 4 is 0 Å². The SMILES string of the molecule is CNCCCc1coc(CC2CCCNC2)n1. The van der Waals surface area contributed by atoms with Gasteiger partial charge >= 0.3 is 0 Å². The van der Waals surface area contributed by atoms with E-state index in [-0.39, 0.29) is 0 Å². The number of aryl methyl sites for hydroxylation is 1. The highest BCUT2D eigenvalue weighted by molar-refractivity contribution is 4.98. The standard InChI is InChI=1S/C13H23N3O/c1-14-6-3-5-12-10-17-13(16-12)8-11-4-2-7-15-9-11/h10-11,14-15H,2-9H2,1H3. The lowest BCUT2D eigenvalue weighted by Gasteiger charge is -2.21. The van der Waals surface area contributed by atoms with Crippen molar-refractivity contribution < 1.29 is 4.42 Å². The van der Waals surface area contributed by atoms with Crippen LogP contribution in [0.5, 0.6) is 0 Å². The lowest BCUT2D eigenvalue weighted by Crippen LogP contribution is -2.30. The van der Waals surface area contributed by atoms with Crippen LogP contribution in [0.2, 0.25) is 0 Å². The lowest BCUT2D eigenvalue weighted by atomic mass is 9.96. The molecule has 1 aliphatic rings. The Morgan fingerprint density at radius 1 is 1.59 bits per heavy atom. The van der Waals surface area contributed by atoms with Crippen LogP contribution in [0.25, 0.3) is 0 Å². The van der Waals surface area contributed by atoms with Crippen molar-refractivity contribution in [2.24, 2.45) is 5.92 Å². The number of oxazole rings is 1. The quantitative estimate of drug-likeness (QED) is 0.734. The van der Waals surface area contributed by atoms with Crippen LogP contribution < -0.4 is 10.6 Å². The molecule has 2 N–H and O–H groups in total. The third-order valence-corrected chi connectivity index (χ3v) is 3.32. The molecule has 1 unspecified atom stereocenters. The van der Waals surface area contributed by atoms with Crippen LogP contribution in [0.3, 0.4) is 0 Å². The van der Waals surface area contributed by atoms with Crippen molar-refractivity contribution in [2.75, 3.05) is 26.7 Å². The Balaban J connectivity index is 1.76. The zero-order chi connectivity index (χ0) is 11.9. The second-order valence-corrected chi connectivity index (χ2v) is 4.86. The minimum absolute atomic E-state index is 0.701. The van der Waals surface area contributed by atoms with E-state index in [1.165, 1.54) is 12.8 Å². The maximum absolute atomic E-state index is 5.54. The summed E-state index contributed by atoms with van der Waals surface area (Å²) in [6, 6.07) is 0. The molecule has 1 aliphatic heterocycles. The first-order chi connectivity index (χ1) is 8.38. The van der Waals surface area contributed by atoms with Crippen LogP contribution in [0.4, 0.5) is 0 Å². The number of hydrogen-bond acceptors (Lipinski definition) is 4. The minimum atomic E-state index is 0.701. The topological polar surface area (TPSA) is 50.1 Å². The van der Waals surface area contributed by atoms with Gasteiger partial charge in [0.05, 0.1) is 5.69 Å². The molecule has 1 aromatic rings. The van der Waals surface area contributed by atoms with Gasteiger partial charge in [0.2, 0.25) is 0 Å². The highest BCUT2D eigenvalue weighted by atomic mass is 16.3. The van der Waals surface area contributed by atoms with E-state index in [9.17, 15) is 0 Å². The predicted molar refractivity (Wildman–Crippen MR) is 68.0 cm³/mol. The van der Waals surface area contributed by atoms with E-state index in [0.717, 1.165) is 50.5 Å². The monoisotopic (exact) mass is 237 g/mol. The molecule has 2 rings (SSSR count). The fourth-order valence-electron chi connectivity index (χ4n) is 2.35. The van der Waals surface area contributed by atoms with Gasteiger partial charge in [-0.1, -0.05) is 0 Å². The molecule has 1 atom stereocenters. The van der Waals surface area contributed by atoms with Gasteiger partial charge in [0.15, 0.2) is 5.89 Å². The third kappa shape index (κ3) is 4.13. The first-order valence-electron chi connectivity index (χ1n) is 6.67. The van der Waals surface area contributed by atoms with Gasteiger partial charge in [-0.25, -0.2) is 4.98 Å². The fraction of sp³-hybridized carbons (Fsp3) is 0.769. The van der Waals surface area contributed by atoms with Gasteiger partial charge in [0.25, 0.3) is 0 Å². The fourth-order valence-corrected chi connectivity index (χ4v) is 2.35. The molecule has 0 amide bonds. The average molecular weight is 237 g/mol. The first kappa shape index (κ1) is 12.6. The van der Waals surface area contributed by atoms with Crippen molar-refractivity contribution in [3.63, 3.8) is 0 Å². The molecule has 0 aliphatic carbocycles. The number of nitrogens with zero attached hydrogens (tertiary/aromatic N) is 1. The van der Waals surface area contributed by atoms with E-state index in [0.29, 0.717) is 5.92 Å². The summed E-state index contributed by atoms with van der Waals surface area (Å²) in [6.45, 7) is 3.31. The highest BCUT2D eigenvalue weighted by Crippen LogP contribution is 2.16. The van der Waals surface area contributed by atoms with Crippen LogP contribution in [-0.4, -0.2) is 31.7 Å². The molecule has 0 bridgehead atoms. The molecule has 0 radical (unpaired) electrons. The normalized spacial score (nSPS) is 20.6. The van der Waals surface area contributed by atoms with E-state index >= 15 is 0 Å². The molecular weight excluding hydrogens is 214 g/mol. The molecule has 17 heavy (non-hydrogen) atoms. The summed E-state index contributed by atoms with van der Waals surface area (Å²) in [5, 5.41) is 6.57. The molecule has 1 fully saturated rings. The van der Waals surface area contributed by atoms with Crippen molar-refractivity contribution in [2.45, 2.75) is 32.1 Å². The summed E-state index contributed by atoms with van der Waals surface area (Å²) in [6.07, 6.45) is 7.51. The number of aromatic nitrogens is 1. The number of nitrogens with one attached hydrogen (secondary N) is 2. The summed E-state index contributed by atoms with van der Waals surface area (Å²) >= 11 is 0. The van der Waals surface area contributed by atoms with Crippen LogP contribution in [0.15, 0.2) is 10.7 Å². The summed E-state index contributed by atoms with van der Waals surface area (Å²) in [5.74, 6) is 1.62. The van der Waals surface area contributed by atoms with Crippen molar-refractivity contribution in [1.29, 1.82) is 0 Å². The van der Waals surface area contributed by atoms with E-state index in [4.69, 9.17) is 4.42 Å². The Morgan fingerprint density at radius 3 is 3.29 bits per heavy atom. The van der Waals surface area contributed by atoms with Gasteiger partial charge in [0.1, 0.15) is 6.26 Å². The molecule has 4 heteroatoms. The molecule has 1 saturated heterocycles. The third-order valence-electron chi connectivity index (χ3n) is 3.32. The Labute approximate surface area is 103 Å². The molecule has 96 valence electrons. The molecule has 1 aromatic heterocycles. The smallest absolute Gasteiger partial charge is 0.194 e. The molecule has 4 nitrogen and oxygen atoms in total. The molecule has 0 saturated carbocycles. The summed E-state index contributed by atoms with van der Waals surface area (Å²) in [7, 11) is 1.98. The van der Waals surface area contributed by atoms with Crippen molar-refractivity contribution in [1.82, 2.24) is 15.6 Å².